The molecule has 0 aliphatic carbocycles. The van der Waals surface area contributed by atoms with Crippen LogP contribution in [0.5, 0.6) is 11.5 Å². The number of imide groups is 1. The summed E-state index contributed by atoms with van der Waals surface area (Å²) >= 11 is 0. The minimum Gasteiger partial charge on any atom is -0.493 e. The van der Waals surface area contributed by atoms with E-state index >= 15 is 0 Å². The highest BCUT2D eigenvalue weighted by Gasteiger charge is 2.39. The molecule has 0 aromatic heterocycles. The summed E-state index contributed by atoms with van der Waals surface area (Å²) in [5.74, 6) is -0.463. The van der Waals surface area contributed by atoms with Gasteiger partial charge in [-0.2, -0.15) is 0 Å². The Labute approximate surface area is 174 Å². The van der Waals surface area contributed by atoms with Gasteiger partial charge in [-0.15, -0.1) is 0 Å². The molecular formula is C22H23FN2O5. The minimum atomic E-state index is -0.481. The van der Waals surface area contributed by atoms with Gasteiger partial charge in [0.25, 0.3) is 11.8 Å². The normalized spacial score (nSPS) is 13.8. The number of carbonyl (C=O) groups excluding carboxylic acids is 2. The van der Waals surface area contributed by atoms with E-state index in [4.69, 9.17) is 14.2 Å². The SMILES string of the molecule is COCCCN1C(=O)C(Nc2cccc(F)c2)=C(c2ccc(OC)c(OC)c2)C1=O. The molecule has 7 nitrogen and oxygen atoms in total. The fraction of sp³-hybridized carbons (Fsp3) is 0.273. The summed E-state index contributed by atoms with van der Waals surface area (Å²) in [7, 11) is 4.55. The summed E-state index contributed by atoms with van der Waals surface area (Å²) in [6.07, 6.45) is 0.500. The van der Waals surface area contributed by atoms with Crippen molar-refractivity contribution in [1.29, 1.82) is 0 Å². The van der Waals surface area contributed by atoms with Gasteiger partial charge < -0.3 is 19.5 Å². The maximum absolute atomic E-state index is 13.6. The second kappa shape index (κ2) is 9.41. The number of nitrogens with one attached hydrogen (secondary N) is 1. The van der Waals surface area contributed by atoms with Gasteiger partial charge in [0, 0.05) is 25.9 Å². The van der Waals surface area contributed by atoms with E-state index in [-0.39, 0.29) is 17.8 Å². The van der Waals surface area contributed by atoms with Gasteiger partial charge in [-0.3, -0.25) is 14.5 Å². The van der Waals surface area contributed by atoms with Gasteiger partial charge in [0.2, 0.25) is 0 Å². The molecule has 1 N–H and O–H groups in total. The van der Waals surface area contributed by atoms with Crippen LogP contribution < -0.4 is 14.8 Å². The molecule has 0 saturated carbocycles. The molecule has 2 amide bonds. The number of amides is 2. The topological polar surface area (TPSA) is 77.1 Å². The second-order valence-electron chi connectivity index (χ2n) is 6.56. The van der Waals surface area contributed by atoms with Crippen molar-refractivity contribution in [1.82, 2.24) is 4.90 Å². The van der Waals surface area contributed by atoms with Gasteiger partial charge in [0.05, 0.1) is 19.8 Å². The number of rotatable bonds is 9. The largest absolute Gasteiger partial charge is 0.493 e. The van der Waals surface area contributed by atoms with E-state index in [1.54, 1.807) is 31.4 Å². The molecule has 2 aromatic carbocycles. The smallest absolute Gasteiger partial charge is 0.278 e. The fourth-order valence-electron chi connectivity index (χ4n) is 3.23. The average Bonchev–Trinajstić information content (AvgIpc) is 2.97. The number of anilines is 1. The van der Waals surface area contributed by atoms with Gasteiger partial charge in [0.15, 0.2) is 11.5 Å². The molecule has 0 bridgehead atoms. The van der Waals surface area contributed by atoms with Crippen LogP contribution in [0.15, 0.2) is 48.2 Å². The predicted octanol–water partition coefficient (Wildman–Crippen LogP) is 3.07. The van der Waals surface area contributed by atoms with Crippen LogP contribution in [0, 0.1) is 5.82 Å². The van der Waals surface area contributed by atoms with E-state index in [0.717, 1.165) is 4.90 Å². The Morgan fingerprint density at radius 3 is 2.40 bits per heavy atom. The number of ether oxygens (including phenoxy) is 3. The van der Waals surface area contributed by atoms with Crippen LogP contribution in [0.3, 0.4) is 0 Å². The van der Waals surface area contributed by atoms with Gasteiger partial charge in [-0.1, -0.05) is 12.1 Å². The number of benzene rings is 2. The zero-order valence-corrected chi connectivity index (χ0v) is 17.0. The third-order valence-electron chi connectivity index (χ3n) is 4.66. The molecule has 30 heavy (non-hydrogen) atoms. The number of hydrogen-bond donors (Lipinski definition) is 1. The van der Waals surface area contributed by atoms with Gasteiger partial charge in [0.1, 0.15) is 11.5 Å². The van der Waals surface area contributed by atoms with E-state index < -0.39 is 17.6 Å². The van der Waals surface area contributed by atoms with Crippen molar-refractivity contribution >= 4 is 23.1 Å². The molecule has 0 unspecified atom stereocenters. The molecule has 0 atom stereocenters. The summed E-state index contributed by atoms with van der Waals surface area (Å²) < 4.78 is 29.2. The van der Waals surface area contributed by atoms with Crippen LogP contribution in [0.2, 0.25) is 0 Å². The van der Waals surface area contributed by atoms with E-state index in [2.05, 4.69) is 5.32 Å². The molecule has 0 radical (unpaired) electrons. The molecular weight excluding hydrogens is 391 g/mol. The van der Waals surface area contributed by atoms with Crippen molar-refractivity contribution in [3.05, 3.63) is 59.5 Å². The summed E-state index contributed by atoms with van der Waals surface area (Å²) in [6.45, 7) is 0.617. The Hall–Kier alpha value is -3.39. The Morgan fingerprint density at radius 2 is 1.73 bits per heavy atom. The number of halogens is 1. The van der Waals surface area contributed by atoms with Crippen LogP contribution in [0.1, 0.15) is 12.0 Å². The van der Waals surface area contributed by atoms with Crippen molar-refractivity contribution in [2.24, 2.45) is 0 Å². The highest BCUT2D eigenvalue weighted by Crippen LogP contribution is 2.35. The lowest BCUT2D eigenvalue weighted by Crippen LogP contribution is -2.33. The van der Waals surface area contributed by atoms with E-state index in [1.807, 2.05) is 0 Å². The van der Waals surface area contributed by atoms with E-state index in [0.29, 0.717) is 35.8 Å². The first-order valence-corrected chi connectivity index (χ1v) is 9.34. The molecule has 2 aromatic rings. The lowest BCUT2D eigenvalue weighted by molar-refractivity contribution is -0.136. The zero-order chi connectivity index (χ0) is 21.7. The van der Waals surface area contributed by atoms with Crippen molar-refractivity contribution in [3.63, 3.8) is 0 Å². The van der Waals surface area contributed by atoms with Crippen molar-refractivity contribution < 1.29 is 28.2 Å². The molecule has 3 rings (SSSR count). The Morgan fingerprint density at radius 1 is 0.967 bits per heavy atom. The molecule has 1 aliphatic rings. The van der Waals surface area contributed by atoms with Crippen LogP contribution in [0.25, 0.3) is 5.57 Å². The van der Waals surface area contributed by atoms with Gasteiger partial charge in [-0.05, 0) is 42.3 Å². The fourth-order valence-corrected chi connectivity index (χ4v) is 3.23. The van der Waals surface area contributed by atoms with Crippen molar-refractivity contribution in [2.75, 3.05) is 39.8 Å². The molecule has 8 heteroatoms. The summed E-state index contributed by atoms with van der Waals surface area (Å²) in [4.78, 5) is 27.4. The van der Waals surface area contributed by atoms with Crippen LogP contribution in [0.4, 0.5) is 10.1 Å². The third kappa shape index (κ3) is 4.28. The maximum Gasteiger partial charge on any atom is 0.278 e. The summed E-state index contributed by atoms with van der Waals surface area (Å²) in [6, 6.07) is 10.7. The van der Waals surface area contributed by atoms with Crippen molar-refractivity contribution in [3.8, 4) is 11.5 Å². The van der Waals surface area contributed by atoms with Crippen LogP contribution >= 0.6 is 0 Å². The Bertz CT molecular complexity index is 989. The standard InChI is InChI=1S/C22H23FN2O5/c1-28-11-5-10-25-21(26)19(14-8-9-17(29-2)18(12-14)30-3)20(22(25)27)24-16-7-4-6-15(23)13-16/h4,6-9,12-13,24H,5,10-11H2,1-3H3. The number of hydrogen-bond acceptors (Lipinski definition) is 6. The number of nitrogens with zero attached hydrogens (tertiary/aromatic N) is 1. The third-order valence-corrected chi connectivity index (χ3v) is 4.66. The van der Waals surface area contributed by atoms with Crippen molar-refractivity contribution in [2.45, 2.75) is 6.42 Å². The molecule has 0 fully saturated rings. The Balaban J connectivity index is 2.05. The number of carbonyl (C=O) groups is 2. The summed E-state index contributed by atoms with van der Waals surface area (Å²) in [5, 5.41) is 2.92. The molecule has 158 valence electrons. The first-order chi connectivity index (χ1) is 14.5. The van der Waals surface area contributed by atoms with E-state index in [1.165, 1.54) is 32.4 Å². The van der Waals surface area contributed by atoms with Gasteiger partial charge >= 0.3 is 0 Å². The number of methoxy groups -OCH3 is 3. The maximum atomic E-state index is 13.6. The van der Waals surface area contributed by atoms with E-state index in [9.17, 15) is 14.0 Å². The highest BCUT2D eigenvalue weighted by molar-refractivity contribution is 6.36. The molecule has 1 aliphatic heterocycles. The first-order valence-electron chi connectivity index (χ1n) is 9.34. The average molecular weight is 414 g/mol. The summed E-state index contributed by atoms with van der Waals surface area (Å²) in [5.41, 5.74) is 1.11. The minimum absolute atomic E-state index is 0.0789. The zero-order valence-electron chi connectivity index (χ0n) is 17.0. The molecule has 0 saturated heterocycles. The lowest BCUT2D eigenvalue weighted by atomic mass is 10.0. The van der Waals surface area contributed by atoms with Crippen LogP contribution in [-0.4, -0.2) is 51.2 Å². The molecule has 0 spiro atoms. The molecule has 1 heterocycles. The highest BCUT2D eigenvalue weighted by atomic mass is 19.1. The Kier molecular flexibility index (Phi) is 6.68. The predicted molar refractivity (Wildman–Crippen MR) is 110 cm³/mol. The quantitative estimate of drug-likeness (QED) is 0.502. The first kappa shape index (κ1) is 21.3. The monoisotopic (exact) mass is 414 g/mol. The van der Waals surface area contributed by atoms with Crippen LogP contribution in [-0.2, 0) is 14.3 Å². The lowest BCUT2D eigenvalue weighted by Gasteiger charge is -2.15. The second-order valence-corrected chi connectivity index (χ2v) is 6.56. The van der Waals surface area contributed by atoms with Gasteiger partial charge in [-0.25, -0.2) is 4.39 Å².